The van der Waals surface area contributed by atoms with Crippen LogP contribution in [0.3, 0.4) is 0 Å². The molecule has 23 heavy (non-hydrogen) atoms. The van der Waals surface area contributed by atoms with E-state index in [0.717, 1.165) is 5.56 Å². The van der Waals surface area contributed by atoms with Crippen molar-refractivity contribution >= 4 is 24.4 Å². The van der Waals surface area contributed by atoms with Crippen LogP contribution in [-0.2, 0) is 0 Å². The van der Waals surface area contributed by atoms with E-state index < -0.39 is 5.56 Å². The van der Waals surface area contributed by atoms with Crippen molar-refractivity contribution in [3.05, 3.63) is 50.1 Å². The van der Waals surface area contributed by atoms with Crippen LogP contribution in [0.2, 0.25) is 0 Å². The van der Waals surface area contributed by atoms with Crippen molar-refractivity contribution in [1.82, 2.24) is 9.97 Å². The minimum atomic E-state index is -0.522. The van der Waals surface area contributed by atoms with Crippen LogP contribution < -0.4 is 15.0 Å². The number of nitriles is 1. The van der Waals surface area contributed by atoms with Gasteiger partial charge in [-0.15, -0.1) is 0 Å². The van der Waals surface area contributed by atoms with Crippen molar-refractivity contribution < 1.29 is 9.47 Å². The number of nitrogens with zero attached hydrogens (tertiary/aromatic N) is 1. The molecular formula is C16H15N3O3S. The number of ether oxygens (including phenoxy) is 2. The van der Waals surface area contributed by atoms with Crippen LogP contribution in [0.5, 0.6) is 11.5 Å². The van der Waals surface area contributed by atoms with Gasteiger partial charge in [0.25, 0.3) is 5.56 Å². The fraction of sp³-hybridized carbons (Fsp3) is 0.188. The van der Waals surface area contributed by atoms with Crippen LogP contribution in [0.4, 0.5) is 0 Å². The van der Waals surface area contributed by atoms with Gasteiger partial charge < -0.3 is 14.5 Å². The summed E-state index contributed by atoms with van der Waals surface area (Å²) in [6.07, 6.45) is 3.34. The Kier molecular flexibility index (Phi) is 5.33. The fourth-order valence-corrected chi connectivity index (χ4v) is 2.19. The number of aromatic amines is 2. The molecule has 0 fully saturated rings. The number of hydrogen-bond acceptors (Lipinski definition) is 5. The lowest BCUT2D eigenvalue weighted by Crippen LogP contribution is -2.13. The van der Waals surface area contributed by atoms with E-state index in [1.54, 1.807) is 37.5 Å². The van der Waals surface area contributed by atoms with Gasteiger partial charge in [0.05, 0.1) is 19.4 Å². The summed E-state index contributed by atoms with van der Waals surface area (Å²) < 4.78 is 10.9. The summed E-state index contributed by atoms with van der Waals surface area (Å²) in [4.78, 5) is 16.9. The lowest BCUT2D eigenvalue weighted by molar-refractivity contribution is 0.338. The molecule has 1 aromatic carbocycles. The van der Waals surface area contributed by atoms with E-state index in [9.17, 15) is 4.79 Å². The van der Waals surface area contributed by atoms with E-state index in [1.807, 2.05) is 13.0 Å². The van der Waals surface area contributed by atoms with E-state index in [-0.39, 0.29) is 10.3 Å². The Balaban J connectivity index is 2.50. The maximum atomic E-state index is 11.7. The largest absolute Gasteiger partial charge is 0.497 e. The Labute approximate surface area is 138 Å². The first-order valence-electron chi connectivity index (χ1n) is 6.84. The minimum absolute atomic E-state index is 0.0318. The van der Waals surface area contributed by atoms with Gasteiger partial charge in [-0.05, 0) is 49.5 Å². The molecule has 0 aliphatic rings. The molecule has 1 heterocycles. The van der Waals surface area contributed by atoms with Gasteiger partial charge in [-0.1, -0.05) is 0 Å². The molecule has 1 aromatic heterocycles. The molecule has 0 aliphatic carbocycles. The molecule has 0 atom stereocenters. The van der Waals surface area contributed by atoms with Gasteiger partial charge in [-0.3, -0.25) is 9.78 Å². The van der Waals surface area contributed by atoms with Crippen molar-refractivity contribution in [2.45, 2.75) is 6.92 Å². The van der Waals surface area contributed by atoms with Gasteiger partial charge in [0.1, 0.15) is 23.1 Å². The second-order valence-corrected chi connectivity index (χ2v) is 4.89. The number of benzene rings is 1. The van der Waals surface area contributed by atoms with Gasteiger partial charge >= 0.3 is 0 Å². The molecule has 0 radical (unpaired) electrons. The van der Waals surface area contributed by atoms with E-state index in [0.29, 0.717) is 23.8 Å². The third-order valence-electron chi connectivity index (χ3n) is 3.03. The van der Waals surface area contributed by atoms with Crippen LogP contribution in [0.25, 0.3) is 12.2 Å². The second-order valence-electron chi connectivity index (χ2n) is 4.48. The zero-order valence-corrected chi connectivity index (χ0v) is 13.5. The van der Waals surface area contributed by atoms with Crippen molar-refractivity contribution in [3.63, 3.8) is 0 Å². The maximum absolute atomic E-state index is 11.7. The Morgan fingerprint density at radius 2 is 2.13 bits per heavy atom. The number of aromatic nitrogens is 2. The molecule has 0 saturated carbocycles. The summed E-state index contributed by atoms with van der Waals surface area (Å²) in [5.41, 5.74) is 0.545. The molecule has 7 heteroatoms. The summed E-state index contributed by atoms with van der Waals surface area (Å²) in [7, 11) is 1.57. The summed E-state index contributed by atoms with van der Waals surface area (Å²) in [5.74, 6) is 1.35. The molecule has 0 unspecified atom stereocenters. The Morgan fingerprint density at radius 3 is 2.78 bits per heavy atom. The second kappa shape index (κ2) is 7.42. The molecule has 118 valence electrons. The number of nitrogens with one attached hydrogen (secondary N) is 2. The zero-order chi connectivity index (χ0) is 16.8. The van der Waals surface area contributed by atoms with Crippen LogP contribution in [0, 0.1) is 16.1 Å². The van der Waals surface area contributed by atoms with E-state index in [1.165, 1.54) is 0 Å². The normalized spacial score (nSPS) is 10.5. The quantitative estimate of drug-likeness (QED) is 0.823. The average Bonchev–Trinajstić information content (AvgIpc) is 2.53. The summed E-state index contributed by atoms with van der Waals surface area (Å²) in [6.45, 7) is 2.41. The molecule has 6 nitrogen and oxygen atoms in total. The smallest absolute Gasteiger partial charge is 0.270 e. The number of H-pyrrole nitrogens is 2. The number of rotatable bonds is 5. The van der Waals surface area contributed by atoms with Gasteiger partial charge in [0.2, 0.25) is 0 Å². The minimum Gasteiger partial charge on any atom is -0.497 e. The summed E-state index contributed by atoms with van der Waals surface area (Å²) >= 11 is 4.93. The Hall–Kier alpha value is -2.85. The first-order chi connectivity index (χ1) is 11.1. The number of hydrogen-bond donors (Lipinski definition) is 2. The van der Waals surface area contributed by atoms with Crippen molar-refractivity contribution in [1.29, 1.82) is 5.26 Å². The third kappa shape index (κ3) is 3.87. The van der Waals surface area contributed by atoms with Gasteiger partial charge in [0.15, 0.2) is 4.77 Å². The highest BCUT2D eigenvalue weighted by molar-refractivity contribution is 7.71. The first-order valence-corrected chi connectivity index (χ1v) is 7.25. The van der Waals surface area contributed by atoms with E-state index in [4.69, 9.17) is 27.0 Å². The average molecular weight is 329 g/mol. The molecule has 2 rings (SSSR count). The maximum Gasteiger partial charge on any atom is 0.270 e. The Morgan fingerprint density at radius 1 is 1.35 bits per heavy atom. The lowest BCUT2D eigenvalue weighted by atomic mass is 10.1. The molecule has 2 N–H and O–H groups in total. The highest BCUT2D eigenvalue weighted by Crippen LogP contribution is 2.26. The highest BCUT2D eigenvalue weighted by Gasteiger charge is 2.06. The summed E-state index contributed by atoms with van der Waals surface area (Å²) in [5, 5.41) is 9.11. The molecular weight excluding hydrogens is 314 g/mol. The number of methoxy groups -OCH3 is 1. The van der Waals surface area contributed by atoms with Crippen LogP contribution in [-0.4, -0.2) is 23.7 Å². The molecule has 0 saturated heterocycles. The SMILES string of the molecule is CCOc1ccc(OC)cc1/C=C/c1[nH]c(=S)[nH]c(=O)c1C#N. The fourth-order valence-electron chi connectivity index (χ4n) is 1.98. The van der Waals surface area contributed by atoms with Gasteiger partial charge in [-0.2, -0.15) is 5.26 Å². The Bertz CT molecular complexity index is 891. The summed E-state index contributed by atoms with van der Waals surface area (Å²) in [6, 6.07) is 7.26. The molecule has 0 bridgehead atoms. The highest BCUT2D eigenvalue weighted by atomic mass is 32.1. The molecule has 0 amide bonds. The standard InChI is InChI=1S/C16H15N3O3S/c1-3-22-14-7-5-11(21-2)8-10(14)4-6-13-12(9-17)15(20)19-16(23)18-13/h4-8H,3H2,1-2H3,(H2,18,19,20,23)/b6-4+. The van der Waals surface area contributed by atoms with Crippen LogP contribution in [0.1, 0.15) is 23.7 Å². The van der Waals surface area contributed by atoms with Crippen LogP contribution >= 0.6 is 12.2 Å². The van der Waals surface area contributed by atoms with Crippen LogP contribution in [0.15, 0.2) is 23.0 Å². The lowest BCUT2D eigenvalue weighted by Gasteiger charge is -2.09. The third-order valence-corrected chi connectivity index (χ3v) is 3.23. The van der Waals surface area contributed by atoms with Gasteiger partial charge in [-0.25, -0.2) is 0 Å². The van der Waals surface area contributed by atoms with E-state index in [2.05, 4.69) is 9.97 Å². The van der Waals surface area contributed by atoms with Crippen molar-refractivity contribution in [2.24, 2.45) is 0 Å². The molecule has 2 aromatic rings. The molecule has 0 spiro atoms. The van der Waals surface area contributed by atoms with Gasteiger partial charge in [0, 0.05) is 5.56 Å². The predicted octanol–water partition coefficient (Wildman–Crippen LogP) is 2.88. The first kappa shape index (κ1) is 16.5. The van der Waals surface area contributed by atoms with Crippen molar-refractivity contribution in [3.8, 4) is 17.6 Å². The van der Waals surface area contributed by atoms with Crippen molar-refractivity contribution in [2.75, 3.05) is 13.7 Å². The van der Waals surface area contributed by atoms with E-state index >= 15 is 0 Å². The molecule has 0 aliphatic heterocycles. The zero-order valence-electron chi connectivity index (χ0n) is 12.7. The predicted molar refractivity (Wildman–Crippen MR) is 90.1 cm³/mol. The topological polar surface area (TPSA) is 90.9 Å². The monoisotopic (exact) mass is 329 g/mol.